The van der Waals surface area contributed by atoms with E-state index < -0.39 is 41.8 Å². The molecule has 58 heavy (non-hydrogen) atoms. The van der Waals surface area contributed by atoms with E-state index in [9.17, 15) is 20.1 Å². The van der Waals surface area contributed by atoms with E-state index in [1.807, 2.05) is 49.4 Å². The molecule has 5 heterocycles. The van der Waals surface area contributed by atoms with E-state index >= 15 is 0 Å². The molecule has 0 radical (unpaired) electrons. The molecule has 3 aliphatic carbocycles. The number of nitrogens with one attached hydrogen (secondary N) is 2. The van der Waals surface area contributed by atoms with Crippen LogP contribution >= 0.6 is 0 Å². The maximum atomic E-state index is 13.2. The first-order valence-electron chi connectivity index (χ1n) is 20.9. The Morgan fingerprint density at radius 1 is 1.02 bits per heavy atom. The minimum absolute atomic E-state index is 0.0192. The second-order valence-corrected chi connectivity index (χ2v) is 17.4. The van der Waals surface area contributed by atoms with Gasteiger partial charge >= 0.3 is 0 Å². The molecule has 10 nitrogen and oxygen atoms in total. The quantitative estimate of drug-likeness (QED) is 0.0986. The number of ketones is 1. The van der Waals surface area contributed by atoms with Crippen molar-refractivity contribution in [1.82, 2.24) is 14.9 Å². The summed E-state index contributed by atoms with van der Waals surface area (Å²) in [6.45, 7) is 2.76. The van der Waals surface area contributed by atoms with E-state index in [2.05, 4.69) is 69.5 Å². The van der Waals surface area contributed by atoms with Crippen LogP contribution in [0, 0.1) is 47.0 Å². The zero-order chi connectivity index (χ0) is 39.7. The molecule has 10 atom stereocenters. The number of aliphatic hydroxyl groups is 3. The third-order valence-electron chi connectivity index (χ3n) is 13.7. The summed E-state index contributed by atoms with van der Waals surface area (Å²) in [5.74, 6) is 10.7. The molecule has 0 saturated heterocycles. The van der Waals surface area contributed by atoms with E-state index in [1.54, 1.807) is 0 Å². The number of carbonyl (C=O) groups excluding carboxylic acids is 1. The Hall–Kier alpha value is -5.07. The largest absolute Gasteiger partial charge is 0.465 e. The average Bonchev–Trinajstić information content (AvgIpc) is 3.96. The van der Waals surface area contributed by atoms with Gasteiger partial charge in [0.05, 0.1) is 35.2 Å². The highest BCUT2D eigenvalue weighted by Gasteiger charge is 2.47. The number of rotatable bonds is 6. The predicted octanol–water partition coefficient (Wildman–Crippen LogP) is 6.30. The topological polar surface area (TPSA) is 155 Å². The van der Waals surface area contributed by atoms with Crippen molar-refractivity contribution in [3.8, 4) is 35.4 Å². The highest BCUT2D eigenvalue weighted by atomic mass is 16.5. The number of aromatic amines is 1. The SMILES string of the molecule is C[C@@H]1C=C[C@@H]([C@@H](O)CC(=O)CCc2ccc3c(c2)O[C@@H]2[C@@H](C#C[C@@H](O)c4ccc5c6c4[C@H](C=C[C@H]6CN[C@H]5N)c4c[nH]c5cn2cc45)C2(C#CO3)CCCC2)[C@H](O)C1. The molecule has 0 amide bonds. The number of aryl methyl sites for hydroxylation is 1. The van der Waals surface area contributed by atoms with Gasteiger partial charge in [0.2, 0.25) is 0 Å². The van der Waals surface area contributed by atoms with Crippen molar-refractivity contribution < 1.29 is 29.6 Å². The van der Waals surface area contributed by atoms with Crippen molar-refractivity contribution in [3.63, 3.8) is 0 Å². The van der Waals surface area contributed by atoms with Crippen molar-refractivity contribution in [2.24, 2.45) is 28.9 Å². The molecule has 2 bridgehead atoms. The Balaban J connectivity index is 1.02. The summed E-state index contributed by atoms with van der Waals surface area (Å²) in [4.78, 5) is 16.7. The molecule has 298 valence electrons. The van der Waals surface area contributed by atoms with E-state index in [0.717, 1.165) is 70.9 Å². The van der Waals surface area contributed by atoms with Crippen LogP contribution in [0.5, 0.6) is 11.5 Å². The summed E-state index contributed by atoms with van der Waals surface area (Å²) in [6, 6.07) is 9.73. The first-order chi connectivity index (χ1) is 28.2. The fraction of sp³-hybridized carbons (Fsp3) is 0.438. The fourth-order valence-corrected chi connectivity index (χ4v) is 10.6. The Bertz CT molecular complexity index is 2470. The van der Waals surface area contributed by atoms with Gasteiger partial charge in [-0.3, -0.25) is 10.1 Å². The summed E-state index contributed by atoms with van der Waals surface area (Å²) in [7, 11) is 0. The van der Waals surface area contributed by atoms with Crippen molar-refractivity contribution >= 4 is 16.7 Å². The van der Waals surface area contributed by atoms with Crippen LogP contribution in [0.15, 0.2) is 73.2 Å². The average molecular weight is 779 g/mol. The number of benzene rings is 2. The first kappa shape index (κ1) is 37.2. The second-order valence-electron chi connectivity index (χ2n) is 17.4. The molecule has 3 aliphatic heterocycles. The third kappa shape index (κ3) is 6.39. The lowest BCUT2D eigenvalue weighted by atomic mass is 9.71. The molecule has 10 heteroatoms. The number of Topliss-reactive ketones (excluding diaryl/α,β-unsaturated/α-hetero) is 1. The van der Waals surface area contributed by atoms with Gasteiger partial charge in [0, 0.05) is 61.1 Å². The van der Waals surface area contributed by atoms with Crippen molar-refractivity contribution in [2.75, 3.05) is 6.54 Å². The first-order valence-corrected chi connectivity index (χ1v) is 20.9. The maximum Gasteiger partial charge on any atom is 0.191 e. The van der Waals surface area contributed by atoms with Gasteiger partial charge in [-0.15, -0.1) is 0 Å². The minimum atomic E-state index is -1.06. The number of hydrogen-bond acceptors (Lipinski definition) is 8. The molecule has 7 N–H and O–H groups in total. The van der Waals surface area contributed by atoms with Crippen LogP contribution in [0.4, 0.5) is 0 Å². The van der Waals surface area contributed by atoms with Crippen LogP contribution in [0.25, 0.3) is 10.9 Å². The van der Waals surface area contributed by atoms with Gasteiger partial charge in [-0.25, -0.2) is 0 Å². The molecular weight excluding hydrogens is 729 g/mol. The lowest BCUT2D eigenvalue weighted by Crippen LogP contribution is -2.39. The Kier molecular flexibility index (Phi) is 9.39. The van der Waals surface area contributed by atoms with E-state index in [4.69, 9.17) is 15.2 Å². The standard InChI is InChI=1S/C48H50N4O6/c1-27-4-9-32(40(55)20-27)41(56)22-30(53)8-5-28-6-15-42-43(21-28)58-47-37(48(18-19-57-42)16-2-3-17-48)13-14-39(54)33-11-12-34-44-29(23-51-46(34)49)7-10-31(45(33)44)35-24-50-38-26-52(47)25-36(35)38/h4,6-7,9-12,15,21,24-27,29,31-32,37,39-41,46-47,50-51,54-56H,2-3,5,8,16-17,20,22-23,49H2,1H3/t27-,29+,31-,32-,37-,39-,40-,41+,46-,47-/m1/s1. The third-order valence-corrected chi connectivity index (χ3v) is 13.7. The minimum Gasteiger partial charge on any atom is -0.465 e. The monoisotopic (exact) mass is 778 g/mol. The van der Waals surface area contributed by atoms with Gasteiger partial charge in [0.25, 0.3) is 0 Å². The summed E-state index contributed by atoms with van der Waals surface area (Å²) >= 11 is 0. The molecular formula is C48H50N4O6. The molecule has 2 aromatic carbocycles. The zero-order valence-electron chi connectivity index (χ0n) is 32.7. The smallest absolute Gasteiger partial charge is 0.191 e. The number of nitrogens with two attached hydrogens (primary N) is 1. The normalized spacial score (nSPS) is 30.3. The maximum absolute atomic E-state index is 13.2. The number of carbonyl (C=O) groups is 1. The van der Waals surface area contributed by atoms with Crippen LogP contribution < -0.4 is 20.5 Å². The van der Waals surface area contributed by atoms with Gasteiger partial charge in [-0.2, -0.15) is 0 Å². The molecule has 6 aliphatic rings. The van der Waals surface area contributed by atoms with Gasteiger partial charge in [0.15, 0.2) is 17.7 Å². The van der Waals surface area contributed by atoms with Gasteiger partial charge in [-0.05, 0) is 77.1 Å². The van der Waals surface area contributed by atoms with Crippen LogP contribution in [0.2, 0.25) is 0 Å². The summed E-state index contributed by atoms with van der Waals surface area (Å²) < 4.78 is 15.4. The lowest BCUT2D eigenvalue weighted by Gasteiger charge is -2.37. The number of aliphatic hydroxyl groups excluding tert-OH is 3. The van der Waals surface area contributed by atoms with Gasteiger partial charge in [0.1, 0.15) is 18.0 Å². The number of ether oxygens (including phenoxy) is 2. The second kappa shape index (κ2) is 14.6. The number of aromatic nitrogens is 2. The molecule has 2 aromatic heterocycles. The van der Waals surface area contributed by atoms with Crippen molar-refractivity contribution in [2.45, 2.75) is 101 Å². The highest BCUT2D eigenvalue weighted by Crippen LogP contribution is 2.52. The highest BCUT2D eigenvalue weighted by molar-refractivity contribution is 5.85. The molecule has 4 aromatic rings. The van der Waals surface area contributed by atoms with Gasteiger partial charge < -0.3 is 40.1 Å². The zero-order valence-corrected chi connectivity index (χ0v) is 32.7. The van der Waals surface area contributed by atoms with E-state index in [-0.39, 0.29) is 42.5 Å². The van der Waals surface area contributed by atoms with E-state index in [0.29, 0.717) is 24.3 Å². The Labute approximate surface area is 338 Å². The van der Waals surface area contributed by atoms with Gasteiger partial charge in [-0.1, -0.05) is 80.0 Å². The van der Waals surface area contributed by atoms with E-state index in [1.165, 1.54) is 5.56 Å². The van der Waals surface area contributed by atoms with Crippen LogP contribution in [0.3, 0.4) is 0 Å². The Morgan fingerprint density at radius 3 is 2.71 bits per heavy atom. The summed E-state index contributed by atoms with van der Waals surface area (Å²) in [6.07, 6.45) is 19.0. The molecule has 0 unspecified atom stereocenters. The summed E-state index contributed by atoms with van der Waals surface area (Å²) in [5.41, 5.74) is 13.1. The predicted molar refractivity (Wildman–Crippen MR) is 219 cm³/mol. The Morgan fingerprint density at radius 2 is 1.86 bits per heavy atom. The van der Waals surface area contributed by atoms with Crippen LogP contribution in [-0.4, -0.2) is 49.4 Å². The number of hydrogen-bond donors (Lipinski definition) is 6. The number of fused-ring (bicyclic) bond motifs is 6. The van der Waals surface area contributed by atoms with Crippen LogP contribution in [0.1, 0.15) is 116 Å². The molecule has 1 fully saturated rings. The number of nitrogens with zero attached hydrogens (tertiary/aromatic N) is 1. The molecule has 1 saturated carbocycles. The molecule has 1 spiro atoms. The fourth-order valence-electron chi connectivity index (χ4n) is 10.6. The number of H-pyrrole nitrogens is 1. The number of allylic oxidation sites excluding steroid dienone is 2. The lowest BCUT2D eigenvalue weighted by molar-refractivity contribution is -0.122. The van der Waals surface area contributed by atoms with Crippen LogP contribution in [-0.2, 0) is 11.2 Å². The molecule has 10 rings (SSSR count). The summed E-state index contributed by atoms with van der Waals surface area (Å²) in [5, 5.41) is 38.0. The van der Waals surface area contributed by atoms with Crippen molar-refractivity contribution in [1.29, 1.82) is 0 Å². The van der Waals surface area contributed by atoms with Crippen molar-refractivity contribution in [3.05, 3.63) is 107 Å².